The Labute approximate surface area is 158 Å². The molecule has 4 nitrogen and oxygen atoms in total. The van der Waals surface area contributed by atoms with Gasteiger partial charge in [0.25, 0.3) is 0 Å². The van der Waals surface area contributed by atoms with Crippen molar-refractivity contribution < 1.29 is 4.79 Å². The molecule has 4 bridgehead atoms. The van der Waals surface area contributed by atoms with Crippen LogP contribution in [0.1, 0.15) is 50.3 Å². The topological polar surface area (TPSA) is 58.7 Å². The van der Waals surface area contributed by atoms with Crippen molar-refractivity contribution in [1.82, 2.24) is 9.55 Å². The van der Waals surface area contributed by atoms with E-state index in [0.717, 1.165) is 43.1 Å². The monoisotopic (exact) mass is 367 g/mol. The summed E-state index contributed by atoms with van der Waals surface area (Å²) in [7, 11) is 1.89. The van der Waals surface area contributed by atoms with Crippen molar-refractivity contribution in [3.8, 4) is 6.07 Å². The second-order valence-electron chi connectivity index (χ2n) is 8.84. The van der Waals surface area contributed by atoms with Crippen molar-refractivity contribution in [2.75, 3.05) is 0 Å². The molecule has 5 heteroatoms. The number of Topliss-reactive ketones (excluding diaryl/α,β-unsaturated/α-hetero) is 1. The molecule has 4 fully saturated rings. The van der Waals surface area contributed by atoms with Gasteiger partial charge in [0.2, 0.25) is 0 Å². The van der Waals surface area contributed by atoms with Gasteiger partial charge in [-0.05, 0) is 62.5 Å². The minimum Gasteiger partial charge on any atom is -0.330 e. The van der Waals surface area contributed by atoms with E-state index < -0.39 is 11.3 Å². The van der Waals surface area contributed by atoms with E-state index >= 15 is 0 Å². The summed E-state index contributed by atoms with van der Waals surface area (Å²) in [5.41, 5.74) is 1.36. The number of rotatable bonds is 3. The molecule has 0 saturated heterocycles. The molecule has 0 aliphatic heterocycles. The summed E-state index contributed by atoms with van der Waals surface area (Å²) < 4.78 is 1.90. The predicted molar refractivity (Wildman–Crippen MR) is 99.8 cm³/mol. The van der Waals surface area contributed by atoms with Crippen LogP contribution in [0.3, 0.4) is 0 Å². The Hall–Kier alpha value is -1.86. The lowest BCUT2D eigenvalue weighted by Crippen LogP contribution is -2.56. The number of hydrogen-bond donors (Lipinski definition) is 0. The zero-order chi connectivity index (χ0) is 18.1. The van der Waals surface area contributed by atoms with Gasteiger partial charge in [-0.15, -0.1) is 11.6 Å². The van der Waals surface area contributed by atoms with Crippen LogP contribution in [0.25, 0.3) is 11.0 Å². The van der Waals surface area contributed by atoms with Crippen molar-refractivity contribution in [3.05, 3.63) is 30.1 Å². The highest BCUT2D eigenvalue weighted by atomic mass is 35.5. The van der Waals surface area contributed by atoms with Crippen molar-refractivity contribution >= 4 is 28.4 Å². The molecule has 0 N–H and O–H groups in total. The number of benzene rings is 1. The number of carbonyl (C=O) groups is 1. The van der Waals surface area contributed by atoms with Crippen LogP contribution in [0.2, 0.25) is 0 Å². The maximum atomic E-state index is 13.7. The van der Waals surface area contributed by atoms with E-state index in [-0.39, 0.29) is 10.7 Å². The average Bonchev–Trinajstić information content (AvgIpc) is 2.91. The molecule has 134 valence electrons. The SMILES string of the molecule is Cn1c([C@@H](C#N)C(=O)C23C[C@@H]4C[C@@H](CC(Cl)(C4)C2)C3)nc2ccccc21. The lowest BCUT2D eigenvalue weighted by atomic mass is 9.47. The summed E-state index contributed by atoms with van der Waals surface area (Å²) >= 11 is 6.90. The Bertz CT molecular complexity index is 942. The Morgan fingerprint density at radius 1 is 1.31 bits per heavy atom. The van der Waals surface area contributed by atoms with Crippen LogP contribution in [0.15, 0.2) is 24.3 Å². The molecule has 0 radical (unpaired) electrons. The van der Waals surface area contributed by atoms with Crippen LogP contribution in [-0.4, -0.2) is 20.2 Å². The number of alkyl halides is 1. The molecule has 6 rings (SSSR count). The number of nitrogens with zero attached hydrogens (tertiary/aromatic N) is 3. The first-order valence-corrected chi connectivity index (χ1v) is 9.85. The fourth-order valence-corrected chi connectivity index (χ4v) is 7.09. The number of fused-ring (bicyclic) bond motifs is 1. The minimum atomic E-state index is -0.816. The molecule has 4 aliphatic rings. The van der Waals surface area contributed by atoms with E-state index in [1.165, 1.54) is 6.42 Å². The molecule has 26 heavy (non-hydrogen) atoms. The van der Waals surface area contributed by atoms with Gasteiger partial charge in [-0.3, -0.25) is 4.79 Å². The Balaban J connectivity index is 1.56. The first-order chi connectivity index (χ1) is 12.4. The molecule has 4 aliphatic carbocycles. The number of aromatic nitrogens is 2. The minimum absolute atomic E-state index is 0.0533. The van der Waals surface area contributed by atoms with Gasteiger partial charge in [0.05, 0.1) is 17.1 Å². The molecule has 2 aromatic rings. The van der Waals surface area contributed by atoms with Crippen molar-refractivity contribution in [1.29, 1.82) is 5.26 Å². The summed E-state index contributed by atoms with van der Waals surface area (Å²) in [5, 5.41) is 9.91. The number of para-hydroxylation sites is 2. The normalized spacial score (nSPS) is 36.2. The van der Waals surface area contributed by atoms with Gasteiger partial charge in [-0.25, -0.2) is 4.98 Å². The lowest BCUT2D eigenvalue weighted by Gasteiger charge is -2.59. The molecule has 1 aromatic heterocycles. The van der Waals surface area contributed by atoms with Gasteiger partial charge < -0.3 is 4.57 Å². The van der Waals surface area contributed by atoms with Crippen LogP contribution < -0.4 is 0 Å². The van der Waals surface area contributed by atoms with Crippen LogP contribution >= 0.6 is 11.6 Å². The number of imidazole rings is 1. The van der Waals surface area contributed by atoms with Gasteiger partial charge in [0.15, 0.2) is 11.7 Å². The van der Waals surface area contributed by atoms with Gasteiger partial charge in [-0.1, -0.05) is 12.1 Å². The highest BCUT2D eigenvalue weighted by molar-refractivity contribution is 6.24. The molecule has 1 aromatic carbocycles. The third-order valence-corrected chi connectivity index (χ3v) is 7.43. The van der Waals surface area contributed by atoms with Crippen LogP contribution in [-0.2, 0) is 11.8 Å². The number of carbonyl (C=O) groups excluding carboxylic acids is 1. The Morgan fingerprint density at radius 3 is 2.62 bits per heavy atom. The van der Waals surface area contributed by atoms with Crippen LogP contribution in [0.5, 0.6) is 0 Å². The largest absolute Gasteiger partial charge is 0.330 e. The number of aryl methyl sites for hydroxylation is 1. The van der Waals surface area contributed by atoms with Gasteiger partial charge in [-0.2, -0.15) is 5.26 Å². The van der Waals surface area contributed by atoms with Gasteiger partial charge >= 0.3 is 0 Å². The fraction of sp³-hybridized carbons (Fsp3) is 0.571. The molecular weight excluding hydrogens is 346 g/mol. The molecule has 0 spiro atoms. The van der Waals surface area contributed by atoms with E-state index in [9.17, 15) is 10.1 Å². The highest BCUT2D eigenvalue weighted by Crippen LogP contribution is 2.64. The van der Waals surface area contributed by atoms with E-state index in [0.29, 0.717) is 17.7 Å². The quantitative estimate of drug-likeness (QED) is 0.759. The molecular formula is C21H22ClN3O. The van der Waals surface area contributed by atoms with Crippen LogP contribution in [0, 0.1) is 28.6 Å². The maximum Gasteiger partial charge on any atom is 0.163 e. The third kappa shape index (κ3) is 2.19. The summed E-state index contributed by atoms with van der Waals surface area (Å²) in [6.45, 7) is 0. The van der Waals surface area contributed by atoms with Gasteiger partial charge in [0.1, 0.15) is 5.82 Å². The molecule has 1 heterocycles. The predicted octanol–water partition coefficient (Wildman–Crippen LogP) is 4.33. The molecule has 2 unspecified atom stereocenters. The molecule has 5 atom stereocenters. The maximum absolute atomic E-state index is 13.7. The number of nitriles is 1. The van der Waals surface area contributed by atoms with Crippen LogP contribution in [0.4, 0.5) is 0 Å². The average molecular weight is 368 g/mol. The highest BCUT2D eigenvalue weighted by Gasteiger charge is 2.61. The van der Waals surface area contributed by atoms with E-state index in [2.05, 4.69) is 11.1 Å². The standard InChI is InChI=1S/C21H22ClN3O/c1-25-17-5-3-2-4-16(17)24-19(25)15(11-23)18(26)20-7-13-6-14(8-20)10-21(22,9-13)12-20/h2-5,13-15H,6-10,12H2,1H3/t13-,14+,15-,20?,21?/m0/s1. The summed E-state index contributed by atoms with van der Waals surface area (Å²) in [5.74, 6) is 0.884. The first kappa shape index (κ1) is 16.3. The first-order valence-electron chi connectivity index (χ1n) is 9.47. The number of hydrogen-bond acceptors (Lipinski definition) is 3. The summed E-state index contributed by atoms with van der Waals surface area (Å²) in [6.07, 6.45) is 5.80. The van der Waals surface area contributed by atoms with Crippen molar-refractivity contribution in [2.45, 2.75) is 49.3 Å². The number of halogens is 1. The van der Waals surface area contributed by atoms with Gasteiger partial charge in [0, 0.05) is 17.3 Å². The van der Waals surface area contributed by atoms with E-state index in [1.807, 2.05) is 35.9 Å². The summed E-state index contributed by atoms with van der Waals surface area (Å²) in [4.78, 5) is 18.1. The Morgan fingerprint density at radius 2 is 2.00 bits per heavy atom. The zero-order valence-corrected chi connectivity index (χ0v) is 15.7. The fourth-order valence-electron chi connectivity index (χ4n) is 6.40. The summed E-state index contributed by atoms with van der Waals surface area (Å²) in [6, 6.07) is 10.1. The third-order valence-electron chi connectivity index (χ3n) is 6.98. The second kappa shape index (κ2) is 5.33. The molecule has 0 amide bonds. The smallest absolute Gasteiger partial charge is 0.163 e. The van der Waals surface area contributed by atoms with E-state index in [1.54, 1.807) is 0 Å². The van der Waals surface area contributed by atoms with Crippen molar-refractivity contribution in [2.24, 2.45) is 24.3 Å². The Kier molecular flexibility index (Phi) is 3.35. The van der Waals surface area contributed by atoms with Crippen molar-refractivity contribution in [3.63, 3.8) is 0 Å². The molecule has 4 saturated carbocycles. The zero-order valence-electron chi connectivity index (χ0n) is 14.9. The van der Waals surface area contributed by atoms with E-state index in [4.69, 9.17) is 11.6 Å². The second-order valence-corrected chi connectivity index (χ2v) is 9.64. The number of ketones is 1. The lowest BCUT2D eigenvalue weighted by molar-refractivity contribution is -0.142.